The van der Waals surface area contributed by atoms with Crippen LogP contribution in [-0.2, 0) is 0 Å². The second-order valence-electron chi connectivity index (χ2n) is 9.44. The lowest BCUT2D eigenvalue weighted by Gasteiger charge is -2.26. The van der Waals surface area contributed by atoms with E-state index in [4.69, 9.17) is 23.4 Å². The minimum atomic E-state index is 0.308. The van der Waals surface area contributed by atoms with E-state index in [0.717, 1.165) is 57.3 Å². The number of hydrogen-bond acceptors (Lipinski definition) is 4. The van der Waals surface area contributed by atoms with E-state index < -0.39 is 0 Å². The van der Waals surface area contributed by atoms with Crippen molar-refractivity contribution in [2.75, 3.05) is 37.7 Å². The van der Waals surface area contributed by atoms with Crippen molar-refractivity contribution in [1.29, 1.82) is 5.53 Å². The summed E-state index contributed by atoms with van der Waals surface area (Å²) < 4.78 is 6.07. The molecule has 0 aliphatic carbocycles. The highest BCUT2D eigenvalue weighted by atomic mass is 16.5. The molecule has 0 aliphatic heterocycles. The quantitative estimate of drug-likeness (QED) is 0.181. The van der Waals surface area contributed by atoms with Crippen molar-refractivity contribution in [3.05, 3.63) is 41.0 Å². The summed E-state index contributed by atoms with van der Waals surface area (Å²) in [5, 5.41) is 3.64. The Bertz CT molecular complexity index is 720. The van der Waals surface area contributed by atoms with Crippen LogP contribution >= 0.6 is 0 Å². The third-order valence-corrected chi connectivity index (χ3v) is 5.15. The van der Waals surface area contributed by atoms with E-state index in [1.165, 1.54) is 0 Å². The van der Waals surface area contributed by atoms with Crippen molar-refractivity contribution in [2.45, 2.75) is 66.2 Å². The van der Waals surface area contributed by atoms with Gasteiger partial charge in [-0.15, -0.1) is 0 Å². The van der Waals surface area contributed by atoms with Crippen LogP contribution < -0.4 is 9.64 Å². The van der Waals surface area contributed by atoms with Gasteiger partial charge >= 0.3 is 0 Å². The fourth-order valence-electron chi connectivity index (χ4n) is 3.78. The third kappa shape index (κ3) is 11.4. The van der Waals surface area contributed by atoms with Gasteiger partial charge in [0.2, 0.25) is 13.1 Å². The van der Waals surface area contributed by atoms with E-state index in [9.17, 15) is 0 Å². The lowest BCUT2D eigenvalue weighted by molar-refractivity contribution is 0.241. The number of nitrogens with one attached hydrogen (secondary N) is 1. The van der Waals surface area contributed by atoms with Crippen molar-refractivity contribution in [2.24, 2.45) is 16.4 Å². The maximum absolute atomic E-state index is 7.49. The van der Waals surface area contributed by atoms with E-state index in [1.807, 2.05) is 18.2 Å². The Kier molecular flexibility index (Phi) is 12.3. The molecule has 0 fully saturated rings. The van der Waals surface area contributed by atoms with Crippen LogP contribution in [0.2, 0.25) is 0 Å². The summed E-state index contributed by atoms with van der Waals surface area (Å²) in [6.07, 6.45) is 5.80. The van der Waals surface area contributed by atoms with Crippen molar-refractivity contribution >= 4 is 11.4 Å². The second-order valence-corrected chi connectivity index (χ2v) is 9.44. The molecule has 1 rings (SSSR count). The van der Waals surface area contributed by atoms with Gasteiger partial charge in [0.15, 0.2) is 0 Å². The average molecular weight is 426 g/mol. The smallest absolute Gasteiger partial charge is 0.214 e. The minimum absolute atomic E-state index is 0.308. The summed E-state index contributed by atoms with van der Waals surface area (Å²) >= 11 is 0. The molecule has 0 saturated heterocycles. The van der Waals surface area contributed by atoms with Crippen molar-refractivity contribution < 1.29 is 4.74 Å². The summed E-state index contributed by atoms with van der Waals surface area (Å²) in [6.45, 7) is 26.4. The largest absolute Gasteiger partial charge is 0.491 e. The zero-order valence-electron chi connectivity index (χ0n) is 19.8. The molecule has 1 N–H and O–H groups in total. The maximum Gasteiger partial charge on any atom is 0.214 e. The molecule has 0 radical (unpaired) electrons. The zero-order valence-corrected chi connectivity index (χ0v) is 19.8. The van der Waals surface area contributed by atoms with Gasteiger partial charge in [0.25, 0.3) is 0 Å². The monoisotopic (exact) mass is 425 g/mol. The van der Waals surface area contributed by atoms with Crippen LogP contribution in [0.3, 0.4) is 0 Å². The number of anilines is 1. The molecule has 0 aliphatic rings. The fraction of sp³-hybridized carbons (Fsp3) is 0.680. The summed E-state index contributed by atoms with van der Waals surface area (Å²) in [4.78, 5) is 9.19. The Morgan fingerprint density at radius 1 is 1.06 bits per heavy atom. The number of unbranched alkanes of at least 4 members (excludes halogenated alkanes) is 2. The Morgan fingerprint density at radius 3 is 2.19 bits per heavy atom. The Hall–Kier alpha value is -2.60. The van der Waals surface area contributed by atoms with E-state index in [-0.39, 0.29) is 0 Å². The van der Waals surface area contributed by atoms with Crippen molar-refractivity contribution in [3.8, 4) is 5.75 Å². The average Bonchev–Trinajstić information content (AvgIpc) is 2.71. The molecule has 0 aromatic heterocycles. The molecule has 1 aromatic rings. The summed E-state index contributed by atoms with van der Waals surface area (Å²) in [5.74, 6) is 1.23. The highest BCUT2D eigenvalue weighted by Gasteiger charge is 2.16. The van der Waals surface area contributed by atoms with E-state index in [0.29, 0.717) is 42.5 Å². The van der Waals surface area contributed by atoms with Gasteiger partial charge in [0, 0.05) is 37.7 Å². The summed E-state index contributed by atoms with van der Waals surface area (Å²) in [7, 11) is 0. The number of ether oxygens (including phenoxy) is 1. The van der Waals surface area contributed by atoms with Crippen LogP contribution in [0.1, 0.15) is 66.2 Å². The molecule has 170 valence electrons. The van der Waals surface area contributed by atoms with Crippen molar-refractivity contribution in [3.63, 3.8) is 0 Å². The molecule has 1 unspecified atom stereocenters. The highest BCUT2D eigenvalue weighted by molar-refractivity contribution is 5.61. The number of rotatable bonds is 15. The molecule has 1 aromatic carbocycles. The van der Waals surface area contributed by atoms with Gasteiger partial charge < -0.3 is 19.3 Å². The topological polar surface area (TPSA) is 57.4 Å². The number of nitrogens with zero attached hydrogens (tertiary/aromatic N) is 4. The number of benzene rings is 1. The first-order valence-electron chi connectivity index (χ1n) is 11.4. The minimum Gasteiger partial charge on any atom is -0.491 e. The first-order valence-corrected chi connectivity index (χ1v) is 11.4. The predicted octanol–water partition coefficient (Wildman–Crippen LogP) is 7.40. The van der Waals surface area contributed by atoms with Gasteiger partial charge in [0.05, 0.1) is 6.61 Å². The van der Waals surface area contributed by atoms with E-state index in [1.54, 1.807) is 0 Å². The maximum atomic E-state index is 7.49. The Morgan fingerprint density at radius 2 is 1.68 bits per heavy atom. The molecule has 31 heavy (non-hydrogen) atoms. The molecule has 0 bridgehead atoms. The lowest BCUT2D eigenvalue weighted by atomic mass is 9.84. The SMILES string of the molecule is [C-]#[N+]CCCCN(CCCC[N+]#[C-])c1ccc(N=N)c(OCCC(C)CC(C)(C)C)c1. The second kappa shape index (κ2) is 14.4. The molecule has 0 spiro atoms. The van der Waals surface area contributed by atoms with Gasteiger partial charge in [0.1, 0.15) is 11.4 Å². The van der Waals surface area contributed by atoms with Gasteiger partial charge in [-0.2, -0.15) is 5.11 Å². The van der Waals surface area contributed by atoms with Crippen molar-refractivity contribution in [1.82, 2.24) is 0 Å². The molecular weight excluding hydrogens is 386 g/mol. The standard InChI is InChI=1S/C25H39N5O/c1-21(20-25(2,3)4)13-18-31-24-19-22(11-12-23(24)29-26)30(16-9-7-14-27-5)17-10-8-15-28-6/h11-12,19,21,26H,7-10,13-18,20H2,1-4H3. The summed E-state index contributed by atoms with van der Waals surface area (Å²) in [6, 6.07) is 5.83. The molecule has 6 heteroatoms. The molecular formula is C25H39N5O. The number of hydrogen-bond donors (Lipinski definition) is 1. The molecule has 0 amide bonds. The van der Waals surface area contributed by atoms with E-state index >= 15 is 0 Å². The molecule has 6 nitrogen and oxygen atoms in total. The Balaban J connectivity index is 2.82. The molecule has 1 atom stereocenters. The first kappa shape index (κ1) is 26.4. The fourth-order valence-corrected chi connectivity index (χ4v) is 3.78. The van der Waals surface area contributed by atoms with Crippen LogP contribution in [0.25, 0.3) is 9.69 Å². The molecule has 0 saturated carbocycles. The van der Waals surface area contributed by atoms with Crippen LogP contribution in [0.15, 0.2) is 23.3 Å². The highest BCUT2D eigenvalue weighted by Crippen LogP contribution is 2.33. The van der Waals surface area contributed by atoms with Gasteiger partial charge in [-0.05, 0) is 49.1 Å². The van der Waals surface area contributed by atoms with Crippen LogP contribution in [-0.4, -0.2) is 32.8 Å². The van der Waals surface area contributed by atoms with Gasteiger partial charge in [-0.25, -0.2) is 18.7 Å². The normalized spacial score (nSPS) is 11.9. The van der Waals surface area contributed by atoms with Crippen LogP contribution in [0.5, 0.6) is 5.75 Å². The van der Waals surface area contributed by atoms with Crippen LogP contribution in [0, 0.1) is 30.0 Å². The predicted molar refractivity (Wildman–Crippen MR) is 128 cm³/mol. The van der Waals surface area contributed by atoms with Crippen LogP contribution in [0.4, 0.5) is 11.4 Å². The third-order valence-electron chi connectivity index (χ3n) is 5.15. The molecule has 0 heterocycles. The summed E-state index contributed by atoms with van der Waals surface area (Å²) in [5.41, 5.74) is 9.40. The first-order chi connectivity index (χ1) is 14.8. The Labute approximate surface area is 189 Å². The van der Waals surface area contributed by atoms with Gasteiger partial charge in [-0.1, -0.05) is 27.7 Å². The van der Waals surface area contributed by atoms with Gasteiger partial charge in [-0.3, -0.25) is 0 Å². The zero-order chi connectivity index (χ0) is 23.1. The van der Waals surface area contributed by atoms with E-state index in [2.05, 4.69) is 47.4 Å². The lowest BCUT2D eigenvalue weighted by Crippen LogP contribution is -2.26.